The molecule has 18 heavy (non-hydrogen) atoms. The summed E-state index contributed by atoms with van der Waals surface area (Å²) in [6, 6.07) is 8.39. The van der Waals surface area contributed by atoms with E-state index in [1.54, 1.807) is 0 Å². The van der Waals surface area contributed by atoms with Crippen LogP contribution in [0.1, 0.15) is 12.5 Å². The predicted molar refractivity (Wildman–Crippen MR) is 72.8 cm³/mol. The first kappa shape index (κ1) is 11.8. The van der Waals surface area contributed by atoms with E-state index in [0.29, 0.717) is 16.6 Å². The highest BCUT2D eigenvalue weighted by molar-refractivity contribution is 6.32. The van der Waals surface area contributed by atoms with Gasteiger partial charge in [-0.25, -0.2) is 0 Å². The van der Waals surface area contributed by atoms with Gasteiger partial charge in [-0.2, -0.15) is 5.26 Å². The van der Waals surface area contributed by atoms with Crippen LogP contribution in [0.5, 0.6) is 0 Å². The highest BCUT2D eigenvalue weighted by Gasteiger charge is 2.41. The highest BCUT2D eigenvalue weighted by atomic mass is 35.5. The maximum absolute atomic E-state index is 8.90. The number of fused-ring (bicyclic) bond motifs is 1. The van der Waals surface area contributed by atoms with E-state index in [-0.39, 0.29) is 0 Å². The van der Waals surface area contributed by atoms with Gasteiger partial charge in [-0.15, -0.1) is 0 Å². The molecular weight excluding hydrogens is 246 g/mol. The molecule has 94 valence electrons. The monoisotopic (exact) mass is 261 g/mol. The topological polar surface area (TPSA) is 39.1 Å². The summed E-state index contributed by atoms with van der Waals surface area (Å²) in [4.78, 5) is 2.42. The lowest BCUT2D eigenvalue weighted by atomic mass is 9.95. The van der Waals surface area contributed by atoms with Crippen molar-refractivity contribution in [1.29, 1.82) is 5.26 Å². The molecule has 0 saturated carbocycles. The first-order chi connectivity index (χ1) is 8.70. The number of nitrogens with one attached hydrogen (secondary N) is 1. The van der Waals surface area contributed by atoms with E-state index in [1.165, 1.54) is 0 Å². The normalized spacial score (nSPS) is 30.3. The smallest absolute Gasteiger partial charge is 0.101 e. The molecule has 0 spiro atoms. The maximum atomic E-state index is 8.90. The minimum Gasteiger partial charge on any atom is -0.368 e. The molecule has 0 radical (unpaired) electrons. The Kier molecular flexibility index (Phi) is 2.93. The molecular formula is C14H16ClN3. The fraction of sp³-hybridized carbons (Fsp3) is 0.500. The van der Waals surface area contributed by atoms with Gasteiger partial charge >= 0.3 is 0 Å². The average Bonchev–Trinajstić information content (AvgIpc) is 2.93. The summed E-state index contributed by atoms with van der Waals surface area (Å²) in [5.41, 5.74) is 1.69. The van der Waals surface area contributed by atoms with Crippen molar-refractivity contribution < 1.29 is 0 Å². The zero-order chi connectivity index (χ0) is 12.7. The van der Waals surface area contributed by atoms with Crippen LogP contribution in [-0.4, -0.2) is 25.7 Å². The summed E-state index contributed by atoms with van der Waals surface area (Å²) in [5, 5.41) is 12.9. The van der Waals surface area contributed by atoms with Crippen LogP contribution >= 0.6 is 11.6 Å². The molecule has 1 aromatic carbocycles. The number of hydrogen-bond donors (Lipinski definition) is 1. The second-order valence-corrected chi connectivity index (χ2v) is 5.66. The fourth-order valence-electron chi connectivity index (χ4n) is 3.28. The molecule has 2 saturated heterocycles. The van der Waals surface area contributed by atoms with Crippen LogP contribution in [0.15, 0.2) is 18.2 Å². The van der Waals surface area contributed by atoms with Gasteiger partial charge in [0.25, 0.3) is 0 Å². The second kappa shape index (κ2) is 4.46. The Bertz CT molecular complexity index is 508. The Morgan fingerprint density at radius 2 is 2.28 bits per heavy atom. The molecule has 3 nitrogen and oxygen atoms in total. The number of anilines is 1. The number of halogens is 1. The Morgan fingerprint density at radius 1 is 1.44 bits per heavy atom. The van der Waals surface area contributed by atoms with Crippen molar-refractivity contribution in [2.24, 2.45) is 11.8 Å². The first-order valence-electron chi connectivity index (χ1n) is 6.37. The number of hydrogen-bond acceptors (Lipinski definition) is 3. The van der Waals surface area contributed by atoms with Crippen LogP contribution < -0.4 is 10.2 Å². The molecule has 2 aliphatic heterocycles. The van der Waals surface area contributed by atoms with Gasteiger partial charge in [-0.3, -0.25) is 0 Å². The zero-order valence-corrected chi connectivity index (χ0v) is 11.1. The van der Waals surface area contributed by atoms with Crippen molar-refractivity contribution in [1.82, 2.24) is 5.32 Å². The summed E-state index contributed by atoms with van der Waals surface area (Å²) in [6.07, 6.45) is 0. The molecule has 3 unspecified atom stereocenters. The van der Waals surface area contributed by atoms with Crippen LogP contribution in [-0.2, 0) is 0 Å². The molecule has 3 rings (SSSR count). The Hall–Kier alpha value is -1.24. The quantitative estimate of drug-likeness (QED) is 0.843. The SMILES string of the molecule is CC1C2CNCC2CN1c1ccc(C#N)c(Cl)c1. The number of nitriles is 1. The summed E-state index contributed by atoms with van der Waals surface area (Å²) in [5.74, 6) is 1.48. The third-order valence-electron chi connectivity index (χ3n) is 4.34. The molecule has 1 aromatic rings. The molecule has 4 heteroatoms. The molecule has 3 atom stereocenters. The molecule has 2 aliphatic rings. The van der Waals surface area contributed by atoms with Gasteiger partial charge in [0.2, 0.25) is 0 Å². The molecule has 1 N–H and O–H groups in total. The zero-order valence-electron chi connectivity index (χ0n) is 10.4. The lowest BCUT2D eigenvalue weighted by Gasteiger charge is -2.27. The minimum atomic E-state index is 0.536. The van der Waals surface area contributed by atoms with Crippen LogP contribution in [0, 0.1) is 23.2 Å². The van der Waals surface area contributed by atoms with Crippen molar-refractivity contribution >= 4 is 17.3 Å². The van der Waals surface area contributed by atoms with Crippen LogP contribution in [0.4, 0.5) is 5.69 Å². The number of nitrogens with zero attached hydrogens (tertiary/aromatic N) is 2. The summed E-state index contributed by atoms with van der Waals surface area (Å²) in [6.45, 7) is 5.60. The maximum Gasteiger partial charge on any atom is 0.101 e. The third-order valence-corrected chi connectivity index (χ3v) is 4.65. The van der Waals surface area contributed by atoms with E-state index in [9.17, 15) is 0 Å². The summed E-state index contributed by atoms with van der Waals surface area (Å²) in [7, 11) is 0. The fourth-order valence-corrected chi connectivity index (χ4v) is 3.50. The van der Waals surface area contributed by atoms with Gasteiger partial charge in [0.1, 0.15) is 6.07 Å². The molecule has 0 aromatic heterocycles. The standard InChI is InChI=1S/C14H16ClN3/c1-9-13-7-17-6-11(13)8-18(9)12-3-2-10(5-16)14(15)4-12/h2-4,9,11,13,17H,6-8H2,1H3. The van der Waals surface area contributed by atoms with E-state index < -0.39 is 0 Å². The van der Waals surface area contributed by atoms with Crippen LogP contribution in [0.2, 0.25) is 5.02 Å². The minimum absolute atomic E-state index is 0.536. The van der Waals surface area contributed by atoms with Crippen molar-refractivity contribution in [3.8, 4) is 6.07 Å². The first-order valence-corrected chi connectivity index (χ1v) is 6.75. The molecule has 2 heterocycles. The van der Waals surface area contributed by atoms with Gasteiger partial charge in [0.15, 0.2) is 0 Å². The van der Waals surface area contributed by atoms with Crippen molar-refractivity contribution in [2.75, 3.05) is 24.5 Å². The highest BCUT2D eigenvalue weighted by Crippen LogP contribution is 2.36. The second-order valence-electron chi connectivity index (χ2n) is 5.25. The molecule has 2 fully saturated rings. The third kappa shape index (κ3) is 1.77. The summed E-state index contributed by atoms with van der Waals surface area (Å²) >= 11 is 6.11. The van der Waals surface area contributed by atoms with E-state index in [1.807, 2.05) is 18.2 Å². The van der Waals surface area contributed by atoms with Gasteiger partial charge in [0.05, 0.1) is 10.6 Å². The Balaban J connectivity index is 1.88. The lowest BCUT2D eigenvalue weighted by Crippen LogP contribution is -2.33. The Morgan fingerprint density at radius 3 is 2.94 bits per heavy atom. The van der Waals surface area contributed by atoms with Gasteiger partial charge in [-0.1, -0.05) is 11.6 Å². The van der Waals surface area contributed by atoms with Crippen molar-refractivity contribution in [2.45, 2.75) is 13.0 Å². The van der Waals surface area contributed by atoms with Gasteiger partial charge in [0, 0.05) is 31.4 Å². The van der Waals surface area contributed by atoms with Crippen LogP contribution in [0.3, 0.4) is 0 Å². The summed E-state index contributed by atoms with van der Waals surface area (Å²) < 4.78 is 0. The van der Waals surface area contributed by atoms with E-state index >= 15 is 0 Å². The predicted octanol–water partition coefficient (Wildman–Crippen LogP) is 2.26. The van der Waals surface area contributed by atoms with Crippen molar-refractivity contribution in [3.63, 3.8) is 0 Å². The largest absolute Gasteiger partial charge is 0.368 e. The molecule has 0 aliphatic carbocycles. The number of benzene rings is 1. The average molecular weight is 262 g/mol. The van der Waals surface area contributed by atoms with Crippen LogP contribution in [0.25, 0.3) is 0 Å². The van der Waals surface area contributed by atoms with Crippen molar-refractivity contribution in [3.05, 3.63) is 28.8 Å². The van der Waals surface area contributed by atoms with E-state index in [0.717, 1.165) is 37.2 Å². The van der Waals surface area contributed by atoms with E-state index in [2.05, 4.69) is 23.2 Å². The lowest BCUT2D eigenvalue weighted by molar-refractivity contribution is 0.471. The number of rotatable bonds is 1. The van der Waals surface area contributed by atoms with Gasteiger partial charge < -0.3 is 10.2 Å². The Labute approximate surface area is 112 Å². The molecule has 0 bridgehead atoms. The van der Waals surface area contributed by atoms with Gasteiger partial charge in [-0.05, 0) is 37.0 Å². The van der Waals surface area contributed by atoms with E-state index in [4.69, 9.17) is 16.9 Å². The molecule has 0 amide bonds.